The Hall–Kier alpha value is -1.33. The summed E-state index contributed by atoms with van der Waals surface area (Å²) >= 11 is 0. The Morgan fingerprint density at radius 3 is 0.966 bits per heavy atom. The van der Waals surface area contributed by atoms with Crippen molar-refractivity contribution in [2.45, 2.75) is 455 Å². The molecule has 1 heterocycles. The molecule has 9 nitrogen and oxygen atoms in total. The monoisotopic (exact) mass is 1230 g/mol. The SMILES string of the molecule is CCCCCCCCCCCCCCCCCCCCCCCCCCC/C=C/CC/C=C/C(O)C(COC1OC(CO)C(O)C(O)C1O)NC(=O)CCCCCCCCCCCCCCCCCCCCCCCCCCCCCCCCCCC. The van der Waals surface area contributed by atoms with E-state index in [-0.39, 0.29) is 12.5 Å². The van der Waals surface area contributed by atoms with Crippen molar-refractivity contribution >= 4 is 5.91 Å². The number of nitrogens with one attached hydrogen (secondary N) is 1. The average molecular weight is 1230 g/mol. The van der Waals surface area contributed by atoms with Gasteiger partial charge in [-0.15, -0.1) is 0 Å². The van der Waals surface area contributed by atoms with Crippen molar-refractivity contribution in [3.63, 3.8) is 0 Å². The molecule has 1 saturated heterocycles. The van der Waals surface area contributed by atoms with Gasteiger partial charge in [0.25, 0.3) is 0 Å². The molecule has 0 bridgehead atoms. The van der Waals surface area contributed by atoms with E-state index in [0.29, 0.717) is 6.42 Å². The third kappa shape index (κ3) is 56.0. The van der Waals surface area contributed by atoms with Crippen LogP contribution in [0, 0.1) is 0 Å². The molecule has 1 aliphatic heterocycles. The molecule has 0 aromatic heterocycles. The molecule has 87 heavy (non-hydrogen) atoms. The first-order chi connectivity index (χ1) is 42.8. The molecule has 9 heteroatoms. The Kier molecular flexibility index (Phi) is 65.0. The number of amides is 1. The van der Waals surface area contributed by atoms with Crippen LogP contribution in [0.1, 0.15) is 412 Å². The van der Waals surface area contributed by atoms with E-state index in [9.17, 15) is 30.3 Å². The molecular formula is C78H151NO8. The second kappa shape index (κ2) is 67.6. The van der Waals surface area contributed by atoms with Crippen molar-refractivity contribution in [2.24, 2.45) is 0 Å². The molecule has 7 atom stereocenters. The molecule has 0 aromatic carbocycles. The van der Waals surface area contributed by atoms with Crippen LogP contribution >= 0.6 is 0 Å². The van der Waals surface area contributed by atoms with E-state index < -0.39 is 49.5 Å². The fraction of sp³-hybridized carbons (Fsp3) is 0.936. The van der Waals surface area contributed by atoms with Crippen LogP contribution in [-0.2, 0) is 14.3 Å². The zero-order chi connectivity index (χ0) is 62.8. The summed E-state index contributed by atoms with van der Waals surface area (Å²) in [4.78, 5) is 13.2. The van der Waals surface area contributed by atoms with Gasteiger partial charge in [-0.05, 0) is 32.1 Å². The molecule has 0 aromatic rings. The number of hydrogen-bond donors (Lipinski definition) is 6. The van der Waals surface area contributed by atoms with Gasteiger partial charge in [0.2, 0.25) is 5.91 Å². The van der Waals surface area contributed by atoms with Gasteiger partial charge in [-0.1, -0.05) is 398 Å². The highest BCUT2D eigenvalue weighted by molar-refractivity contribution is 5.76. The first-order valence-electron chi connectivity index (χ1n) is 39.1. The summed E-state index contributed by atoms with van der Waals surface area (Å²) in [5.74, 6) is -0.176. The number of unbranched alkanes of at least 4 members (excludes halogenated alkanes) is 58. The third-order valence-electron chi connectivity index (χ3n) is 19.0. The first kappa shape index (κ1) is 83.7. The molecule has 1 aliphatic rings. The van der Waals surface area contributed by atoms with Crippen molar-refractivity contribution < 1.29 is 39.8 Å². The lowest BCUT2D eigenvalue weighted by atomic mass is 9.99. The van der Waals surface area contributed by atoms with Crippen LogP contribution in [0.4, 0.5) is 0 Å². The van der Waals surface area contributed by atoms with Gasteiger partial charge in [0, 0.05) is 6.42 Å². The van der Waals surface area contributed by atoms with Gasteiger partial charge in [-0.2, -0.15) is 0 Å². The van der Waals surface area contributed by atoms with Crippen LogP contribution in [0.5, 0.6) is 0 Å². The minimum absolute atomic E-state index is 0.176. The average Bonchev–Trinajstić information content (AvgIpc) is 3.47. The van der Waals surface area contributed by atoms with E-state index in [0.717, 1.165) is 38.5 Å². The Balaban J connectivity index is 2.09. The number of ether oxygens (including phenoxy) is 2. The van der Waals surface area contributed by atoms with Crippen molar-refractivity contribution in [1.29, 1.82) is 0 Å². The molecular weight excluding hydrogens is 1080 g/mol. The maximum absolute atomic E-state index is 13.2. The highest BCUT2D eigenvalue weighted by Gasteiger charge is 2.44. The van der Waals surface area contributed by atoms with Gasteiger partial charge in [0.1, 0.15) is 24.4 Å². The zero-order valence-corrected chi connectivity index (χ0v) is 58.1. The molecule has 1 rings (SSSR count). The fourth-order valence-electron chi connectivity index (χ4n) is 12.9. The van der Waals surface area contributed by atoms with Crippen molar-refractivity contribution in [1.82, 2.24) is 5.32 Å². The number of carbonyl (C=O) groups is 1. The standard InChI is InChI=1S/C78H151NO8/c1-3-5-7-9-11-13-15-17-19-21-23-25-27-29-31-33-35-36-38-40-42-44-46-48-50-52-54-56-58-60-62-64-66-68-74(82)79-71(70-86-78-77(85)76(84)75(83)73(69-80)87-78)72(81)67-65-63-61-59-57-55-53-51-49-47-45-43-41-39-37-34-32-30-28-26-24-22-20-18-16-14-12-10-8-6-4-2/h57,59,65,67,71-73,75-78,80-81,83-85H,3-56,58,60-64,66,68-70H2,1-2H3,(H,79,82)/b59-57+,67-65+. The minimum atomic E-state index is -1.57. The van der Waals surface area contributed by atoms with E-state index in [4.69, 9.17) is 9.47 Å². The number of aliphatic hydroxyl groups excluding tert-OH is 5. The van der Waals surface area contributed by atoms with Gasteiger partial charge in [0.15, 0.2) is 6.29 Å². The van der Waals surface area contributed by atoms with Crippen molar-refractivity contribution in [2.75, 3.05) is 13.2 Å². The van der Waals surface area contributed by atoms with Crippen LogP contribution < -0.4 is 5.32 Å². The molecule has 1 amide bonds. The quantitative estimate of drug-likeness (QED) is 0.0261. The number of allylic oxidation sites excluding steroid dienone is 3. The Morgan fingerprint density at radius 2 is 0.655 bits per heavy atom. The number of carbonyl (C=O) groups excluding carboxylic acids is 1. The van der Waals surface area contributed by atoms with Crippen LogP contribution in [0.15, 0.2) is 24.3 Å². The lowest BCUT2D eigenvalue weighted by Crippen LogP contribution is -2.60. The highest BCUT2D eigenvalue weighted by atomic mass is 16.7. The van der Waals surface area contributed by atoms with Gasteiger partial charge in [-0.3, -0.25) is 4.79 Å². The predicted octanol–water partition coefficient (Wildman–Crippen LogP) is 22.0. The molecule has 6 N–H and O–H groups in total. The maximum Gasteiger partial charge on any atom is 0.220 e. The summed E-state index contributed by atoms with van der Waals surface area (Å²) in [6, 6.07) is -0.821. The Morgan fingerprint density at radius 1 is 0.379 bits per heavy atom. The molecule has 1 fully saturated rings. The largest absolute Gasteiger partial charge is 0.394 e. The lowest BCUT2D eigenvalue weighted by Gasteiger charge is -2.40. The summed E-state index contributed by atoms with van der Waals surface area (Å²) in [6.45, 7) is 3.84. The second-order valence-corrected chi connectivity index (χ2v) is 27.5. The third-order valence-corrected chi connectivity index (χ3v) is 19.0. The van der Waals surface area contributed by atoms with Crippen LogP contribution in [-0.4, -0.2) is 87.5 Å². The van der Waals surface area contributed by atoms with Crippen LogP contribution in [0.3, 0.4) is 0 Å². The Bertz CT molecular complexity index is 1430. The second-order valence-electron chi connectivity index (χ2n) is 27.5. The fourth-order valence-corrected chi connectivity index (χ4v) is 12.9. The van der Waals surface area contributed by atoms with Gasteiger partial charge in [0.05, 0.1) is 25.4 Å². The molecule has 0 saturated carbocycles. The van der Waals surface area contributed by atoms with Gasteiger partial charge in [-0.25, -0.2) is 0 Å². The molecule has 516 valence electrons. The summed E-state index contributed by atoms with van der Waals surface area (Å²) < 4.78 is 11.3. The number of aliphatic hydroxyl groups is 5. The van der Waals surface area contributed by atoms with E-state index >= 15 is 0 Å². The topological polar surface area (TPSA) is 149 Å². The molecule has 7 unspecified atom stereocenters. The van der Waals surface area contributed by atoms with Crippen LogP contribution in [0.25, 0.3) is 0 Å². The smallest absolute Gasteiger partial charge is 0.220 e. The zero-order valence-electron chi connectivity index (χ0n) is 58.1. The lowest BCUT2D eigenvalue weighted by molar-refractivity contribution is -0.302. The highest BCUT2D eigenvalue weighted by Crippen LogP contribution is 2.24. The number of rotatable bonds is 70. The summed E-state index contributed by atoms with van der Waals surface area (Å²) in [7, 11) is 0. The molecule has 0 spiro atoms. The van der Waals surface area contributed by atoms with E-state index in [1.807, 2.05) is 6.08 Å². The number of hydrogen-bond acceptors (Lipinski definition) is 8. The summed E-state index contributed by atoms with van der Waals surface area (Å²) in [6.07, 6.45) is 83.3. The van der Waals surface area contributed by atoms with Crippen molar-refractivity contribution in [3.8, 4) is 0 Å². The minimum Gasteiger partial charge on any atom is -0.394 e. The van der Waals surface area contributed by atoms with Crippen molar-refractivity contribution in [3.05, 3.63) is 24.3 Å². The van der Waals surface area contributed by atoms with Gasteiger partial charge < -0.3 is 40.3 Å². The molecule has 0 radical (unpaired) electrons. The molecule has 0 aliphatic carbocycles. The van der Waals surface area contributed by atoms with E-state index in [2.05, 4.69) is 31.3 Å². The van der Waals surface area contributed by atoms with E-state index in [1.54, 1.807) is 6.08 Å². The van der Waals surface area contributed by atoms with E-state index in [1.165, 1.54) is 353 Å². The van der Waals surface area contributed by atoms with Gasteiger partial charge >= 0.3 is 0 Å². The summed E-state index contributed by atoms with van der Waals surface area (Å²) in [5.41, 5.74) is 0. The first-order valence-corrected chi connectivity index (χ1v) is 39.1. The Labute approximate surface area is 540 Å². The predicted molar refractivity (Wildman–Crippen MR) is 374 cm³/mol. The normalized spacial score (nSPS) is 18.0. The summed E-state index contributed by atoms with van der Waals surface area (Å²) in [5, 5.41) is 54.8. The van der Waals surface area contributed by atoms with Crippen LogP contribution in [0.2, 0.25) is 0 Å². The maximum atomic E-state index is 13.2.